The predicted octanol–water partition coefficient (Wildman–Crippen LogP) is 3.87. The number of hydrogen-bond donors (Lipinski definition) is 1. The standard InChI is InChI=1S/C14H18F3NO/c1-9(13(2,3)4)18-12(19)10-6-5-7-11(8-10)14(15,16)17/h5-9H,1-4H3,(H,18,19)/t9-/m1/s1. The van der Waals surface area contributed by atoms with Crippen molar-refractivity contribution in [2.75, 3.05) is 0 Å². The van der Waals surface area contributed by atoms with E-state index in [4.69, 9.17) is 0 Å². The van der Waals surface area contributed by atoms with Crippen molar-refractivity contribution >= 4 is 5.91 Å². The number of amides is 1. The molecule has 2 nitrogen and oxygen atoms in total. The molecular weight excluding hydrogens is 255 g/mol. The second-order valence-electron chi connectivity index (χ2n) is 5.64. The highest BCUT2D eigenvalue weighted by Gasteiger charge is 2.31. The Morgan fingerprint density at radius 2 is 1.79 bits per heavy atom. The molecule has 19 heavy (non-hydrogen) atoms. The van der Waals surface area contributed by atoms with E-state index >= 15 is 0 Å². The molecule has 1 aromatic carbocycles. The van der Waals surface area contributed by atoms with Crippen molar-refractivity contribution in [3.63, 3.8) is 0 Å². The lowest BCUT2D eigenvalue weighted by Gasteiger charge is -2.28. The Kier molecular flexibility index (Phi) is 4.28. The van der Waals surface area contributed by atoms with Gasteiger partial charge in [-0.1, -0.05) is 26.8 Å². The average Bonchev–Trinajstić information content (AvgIpc) is 2.26. The van der Waals surface area contributed by atoms with E-state index in [1.165, 1.54) is 12.1 Å². The van der Waals surface area contributed by atoms with Crippen LogP contribution in [-0.2, 0) is 6.18 Å². The number of alkyl halides is 3. The molecule has 1 amide bonds. The van der Waals surface area contributed by atoms with Gasteiger partial charge in [-0.2, -0.15) is 13.2 Å². The van der Waals surface area contributed by atoms with Crippen LogP contribution in [-0.4, -0.2) is 11.9 Å². The minimum absolute atomic E-state index is 0.0194. The number of halogens is 3. The highest BCUT2D eigenvalue weighted by atomic mass is 19.4. The van der Waals surface area contributed by atoms with E-state index < -0.39 is 17.6 Å². The first-order chi connectivity index (χ1) is 8.51. The van der Waals surface area contributed by atoms with Gasteiger partial charge in [0.15, 0.2) is 0 Å². The largest absolute Gasteiger partial charge is 0.416 e. The zero-order valence-corrected chi connectivity index (χ0v) is 11.4. The molecule has 0 aromatic heterocycles. The summed E-state index contributed by atoms with van der Waals surface area (Å²) in [4.78, 5) is 11.9. The predicted molar refractivity (Wildman–Crippen MR) is 67.8 cm³/mol. The first-order valence-electron chi connectivity index (χ1n) is 6.00. The molecule has 0 aliphatic rings. The van der Waals surface area contributed by atoms with Crippen molar-refractivity contribution in [2.24, 2.45) is 5.41 Å². The van der Waals surface area contributed by atoms with E-state index in [1.807, 2.05) is 27.7 Å². The fourth-order valence-electron chi connectivity index (χ4n) is 1.33. The van der Waals surface area contributed by atoms with E-state index in [1.54, 1.807) is 0 Å². The monoisotopic (exact) mass is 273 g/mol. The Morgan fingerprint density at radius 3 is 2.26 bits per heavy atom. The van der Waals surface area contributed by atoms with Crippen LogP contribution < -0.4 is 5.32 Å². The van der Waals surface area contributed by atoms with Gasteiger partial charge in [-0.05, 0) is 30.5 Å². The van der Waals surface area contributed by atoms with Gasteiger partial charge in [-0.25, -0.2) is 0 Å². The van der Waals surface area contributed by atoms with Crippen LogP contribution in [0.3, 0.4) is 0 Å². The molecular formula is C14H18F3NO. The number of carbonyl (C=O) groups is 1. The van der Waals surface area contributed by atoms with Crippen LogP contribution in [0.4, 0.5) is 13.2 Å². The molecule has 0 radical (unpaired) electrons. The molecule has 5 heteroatoms. The Morgan fingerprint density at radius 1 is 1.21 bits per heavy atom. The van der Waals surface area contributed by atoms with Gasteiger partial charge in [0.1, 0.15) is 0 Å². The van der Waals surface area contributed by atoms with E-state index in [0.717, 1.165) is 12.1 Å². The normalized spacial score (nSPS) is 14.1. The van der Waals surface area contributed by atoms with Crippen LogP contribution in [0, 0.1) is 5.41 Å². The minimum Gasteiger partial charge on any atom is -0.349 e. The van der Waals surface area contributed by atoms with Crippen molar-refractivity contribution < 1.29 is 18.0 Å². The second kappa shape index (κ2) is 5.23. The van der Waals surface area contributed by atoms with Gasteiger partial charge in [-0.3, -0.25) is 4.79 Å². The number of nitrogens with one attached hydrogen (secondary N) is 1. The summed E-state index contributed by atoms with van der Waals surface area (Å²) >= 11 is 0. The molecule has 1 aromatic rings. The summed E-state index contributed by atoms with van der Waals surface area (Å²) in [7, 11) is 0. The third kappa shape index (κ3) is 4.26. The Bertz CT molecular complexity index is 460. The van der Waals surface area contributed by atoms with Gasteiger partial charge in [0.05, 0.1) is 5.56 Å². The molecule has 106 valence electrons. The summed E-state index contributed by atoms with van der Waals surface area (Å²) in [5.41, 5.74) is -0.952. The van der Waals surface area contributed by atoms with Gasteiger partial charge in [0.25, 0.3) is 5.91 Å². The topological polar surface area (TPSA) is 29.1 Å². The van der Waals surface area contributed by atoms with Crippen LogP contribution in [0.15, 0.2) is 24.3 Å². The lowest BCUT2D eigenvalue weighted by molar-refractivity contribution is -0.137. The van der Waals surface area contributed by atoms with Crippen LogP contribution >= 0.6 is 0 Å². The SMILES string of the molecule is C[C@@H](NC(=O)c1cccc(C(F)(F)F)c1)C(C)(C)C. The van der Waals surface area contributed by atoms with E-state index in [-0.39, 0.29) is 17.0 Å². The maximum Gasteiger partial charge on any atom is 0.416 e. The zero-order valence-electron chi connectivity index (χ0n) is 11.4. The number of rotatable bonds is 2. The molecule has 0 fully saturated rings. The molecule has 0 saturated carbocycles. The van der Waals surface area contributed by atoms with Crippen molar-refractivity contribution in [3.05, 3.63) is 35.4 Å². The fourth-order valence-corrected chi connectivity index (χ4v) is 1.33. The quantitative estimate of drug-likeness (QED) is 0.870. The Hall–Kier alpha value is -1.52. The number of benzene rings is 1. The van der Waals surface area contributed by atoms with Gasteiger partial charge in [0, 0.05) is 11.6 Å². The maximum absolute atomic E-state index is 12.6. The molecule has 0 unspecified atom stereocenters. The lowest BCUT2D eigenvalue weighted by atomic mass is 9.88. The summed E-state index contributed by atoms with van der Waals surface area (Å²) < 4.78 is 37.7. The summed E-state index contributed by atoms with van der Waals surface area (Å²) in [6.45, 7) is 7.67. The molecule has 0 aliphatic heterocycles. The molecule has 1 atom stereocenters. The van der Waals surface area contributed by atoms with Gasteiger partial charge in [0.2, 0.25) is 0 Å². The average molecular weight is 273 g/mol. The van der Waals surface area contributed by atoms with Crippen molar-refractivity contribution in [3.8, 4) is 0 Å². The van der Waals surface area contributed by atoms with Crippen molar-refractivity contribution in [1.82, 2.24) is 5.32 Å². The zero-order chi connectivity index (χ0) is 14.8. The van der Waals surface area contributed by atoms with Crippen LogP contribution in [0.1, 0.15) is 43.6 Å². The molecule has 0 heterocycles. The van der Waals surface area contributed by atoms with Crippen molar-refractivity contribution in [1.29, 1.82) is 0 Å². The van der Waals surface area contributed by atoms with E-state index in [2.05, 4.69) is 5.32 Å². The smallest absolute Gasteiger partial charge is 0.349 e. The summed E-state index contributed by atoms with van der Waals surface area (Å²) in [5.74, 6) is -0.492. The van der Waals surface area contributed by atoms with Gasteiger partial charge < -0.3 is 5.32 Å². The van der Waals surface area contributed by atoms with Gasteiger partial charge in [-0.15, -0.1) is 0 Å². The lowest BCUT2D eigenvalue weighted by Crippen LogP contribution is -2.41. The first kappa shape index (κ1) is 15.5. The Balaban J connectivity index is 2.90. The highest BCUT2D eigenvalue weighted by molar-refractivity contribution is 5.94. The third-order valence-electron chi connectivity index (χ3n) is 3.10. The molecule has 0 saturated heterocycles. The highest BCUT2D eigenvalue weighted by Crippen LogP contribution is 2.29. The molecule has 0 spiro atoms. The first-order valence-corrected chi connectivity index (χ1v) is 6.00. The molecule has 0 bridgehead atoms. The van der Waals surface area contributed by atoms with Gasteiger partial charge >= 0.3 is 6.18 Å². The molecule has 1 rings (SSSR count). The number of hydrogen-bond acceptors (Lipinski definition) is 1. The van der Waals surface area contributed by atoms with E-state index in [0.29, 0.717) is 0 Å². The van der Waals surface area contributed by atoms with Crippen LogP contribution in [0.2, 0.25) is 0 Å². The van der Waals surface area contributed by atoms with Crippen LogP contribution in [0.25, 0.3) is 0 Å². The Labute approximate surface area is 111 Å². The van der Waals surface area contributed by atoms with E-state index in [9.17, 15) is 18.0 Å². The minimum atomic E-state index is -4.44. The van der Waals surface area contributed by atoms with Crippen LogP contribution in [0.5, 0.6) is 0 Å². The fraction of sp³-hybridized carbons (Fsp3) is 0.500. The maximum atomic E-state index is 12.6. The molecule has 1 N–H and O–H groups in total. The molecule has 0 aliphatic carbocycles. The summed E-state index contributed by atoms with van der Waals surface area (Å²) in [6.07, 6.45) is -4.44. The summed E-state index contributed by atoms with van der Waals surface area (Å²) in [6, 6.07) is 4.28. The number of carbonyl (C=O) groups excluding carboxylic acids is 1. The second-order valence-corrected chi connectivity index (χ2v) is 5.64. The van der Waals surface area contributed by atoms with Crippen molar-refractivity contribution in [2.45, 2.75) is 39.9 Å². The summed E-state index contributed by atoms with van der Waals surface area (Å²) in [5, 5.41) is 2.71. The third-order valence-corrected chi connectivity index (χ3v) is 3.10.